The van der Waals surface area contributed by atoms with E-state index in [-0.39, 0.29) is 23.4 Å². The van der Waals surface area contributed by atoms with E-state index in [4.69, 9.17) is 4.74 Å². The molecule has 41 heavy (non-hydrogen) atoms. The summed E-state index contributed by atoms with van der Waals surface area (Å²) in [5, 5.41) is 3.00. The number of amides is 2. The van der Waals surface area contributed by atoms with Gasteiger partial charge in [0.1, 0.15) is 18.3 Å². The van der Waals surface area contributed by atoms with Crippen LogP contribution in [-0.4, -0.2) is 50.4 Å². The van der Waals surface area contributed by atoms with E-state index < -0.39 is 28.5 Å². The molecule has 0 aliphatic heterocycles. The SMILES string of the molecule is CCOc1ccc(S(=O)(=O)N(CC(=O)N(Cc2ccccc2C)[C@H](CC)C(=O)N[C@@H](C)CC)c2ccccc2)cc1. The number of sulfonamides is 1. The van der Waals surface area contributed by atoms with Crippen LogP contribution < -0.4 is 14.4 Å². The topological polar surface area (TPSA) is 96.0 Å². The first-order valence-electron chi connectivity index (χ1n) is 14.1. The summed E-state index contributed by atoms with van der Waals surface area (Å²) in [7, 11) is -4.14. The molecule has 3 rings (SSSR count). The van der Waals surface area contributed by atoms with Gasteiger partial charge in [0.05, 0.1) is 17.2 Å². The van der Waals surface area contributed by atoms with E-state index in [1.165, 1.54) is 17.0 Å². The fourth-order valence-electron chi connectivity index (χ4n) is 4.46. The molecule has 8 nitrogen and oxygen atoms in total. The van der Waals surface area contributed by atoms with Gasteiger partial charge in [0, 0.05) is 12.6 Å². The van der Waals surface area contributed by atoms with E-state index in [1.807, 2.05) is 58.9 Å². The van der Waals surface area contributed by atoms with Gasteiger partial charge in [0.2, 0.25) is 11.8 Å². The summed E-state index contributed by atoms with van der Waals surface area (Å²) >= 11 is 0. The Morgan fingerprint density at radius 2 is 1.51 bits per heavy atom. The van der Waals surface area contributed by atoms with Crippen LogP contribution in [0.4, 0.5) is 5.69 Å². The number of anilines is 1. The van der Waals surface area contributed by atoms with Gasteiger partial charge in [-0.15, -0.1) is 0 Å². The van der Waals surface area contributed by atoms with Crippen molar-refractivity contribution >= 4 is 27.5 Å². The smallest absolute Gasteiger partial charge is 0.264 e. The Kier molecular flexibility index (Phi) is 11.3. The minimum Gasteiger partial charge on any atom is -0.494 e. The highest BCUT2D eigenvalue weighted by Gasteiger charge is 2.34. The lowest BCUT2D eigenvalue weighted by atomic mass is 10.1. The summed E-state index contributed by atoms with van der Waals surface area (Å²) in [6.07, 6.45) is 1.12. The number of nitrogens with one attached hydrogen (secondary N) is 1. The van der Waals surface area contributed by atoms with Crippen LogP contribution in [0.3, 0.4) is 0 Å². The molecule has 3 aromatic rings. The minimum atomic E-state index is -4.14. The van der Waals surface area contributed by atoms with Gasteiger partial charge in [0.25, 0.3) is 10.0 Å². The Morgan fingerprint density at radius 1 is 0.878 bits per heavy atom. The Hall–Kier alpha value is -3.85. The monoisotopic (exact) mass is 579 g/mol. The van der Waals surface area contributed by atoms with E-state index >= 15 is 0 Å². The first-order chi connectivity index (χ1) is 19.6. The average Bonchev–Trinajstić information content (AvgIpc) is 2.97. The van der Waals surface area contributed by atoms with Gasteiger partial charge in [-0.1, -0.05) is 56.3 Å². The predicted octanol–water partition coefficient (Wildman–Crippen LogP) is 5.31. The van der Waals surface area contributed by atoms with Gasteiger partial charge in [0.15, 0.2) is 0 Å². The molecule has 2 amide bonds. The van der Waals surface area contributed by atoms with E-state index in [2.05, 4.69) is 5.32 Å². The Morgan fingerprint density at radius 3 is 2.10 bits per heavy atom. The van der Waals surface area contributed by atoms with Crippen molar-refractivity contribution in [2.24, 2.45) is 0 Å². The van der Waals surface area contributed by atoms with Gasteiger partial charge in [-0.05, 0) is 81.1 Å². The number of nitrogens with zero attached hydrogens (tertiary/aromatic N) is 2. The summed E-state index contributed by atoms with van der Waals surface area (Å²) < 4.78 is 34.5. The van der Waals surface area contributed by atoms with Crippen LogP contribution in [0.25, 0.3) is 0 Å². The fraction of sp³-hybridized carbons (Fsp3) is 0.375. The Balaban J connectivity index is 2.03. The first-order valence-corrected chi connectivity index (χ1v) is 15.5. The number of ether oxygens (including phenoxy) is 1. The molecule has 3 aromatic carbocycles. The second-order valence-corrected chi connectivity index (χ2v) is 11.8. The van der Waals surface area contributed by atoms with Crippen LogP contribution in [0.15, 0.2) is 83.8 Å². The molecule has 0 aliphatic rings. The lowest BCUT2D eigenvalue weighted by Gasteiger charge is -2.34. The average molecular weight is 580 g/mol. The zero-order valence-electron chi connectivity index (χ0n) is 24.5. The fourth-order valence-corrected chi connectivity index (χ4v) is 5.87. The maximum Gasteiger partial charge on any atom is 0.264 e. The van der Waals surface area contributed by atoms with Crippen molar-refractivity contribution in [1.29, 1.82) is 0 Å². The normalized spacial score (nSPS) is 12.7. The highest BCUT2D eigenvalue weighted by molar-refractivity contribution is 7.92. The lowest BCUT2D eigenvalue weighted by molar-refractivity contribution is -0.140. The molecule has 9 heteroatoms. The lowest BCUT2D eigenvalue weighted by Crippen LogP contribution is -2.53. The third-order valence-corrected chi connectivity index (χ3v) is 8.82. The zero-order valence-corrected chi connectivity index (χ0v) is 25.4. The predicted molar refractivity (Wildman–Crippen MR) is 162 cm³/mol. The number of aryl methyl sites for hydroxylation is 1. The van der Waals surface area contributed by atoms with Crippen LogP contribution in [-0.2, 0) is 26.2 Å². The Bertz CT molecular complexity index is 1390. The molecular weight excluding hydrogens is 538 g/mol. The molecular formula is C32H41N3O5S. The van der Waals surface area contributed by atoms with Crippen molar-refractivity contribution in [3.05, 3.63) is 90.0 Å². The largest absolute Gasteiger partial charge is 0.494 e. The standard InChI is InChI=1S/C32H41N3O5S/c1-6-25(5)33-32(37)30(7-2)34(22-26-15-13-12-14-24(26)4)31(36)23-35(27-16-10-9-11-17-27)41(38,39)29-20-18-28(19-21-29)40-8-3/h9-21,25,30H,6-8,22-23H2,1-5H3,(H,33,37)/t25-,30+/m0/s1. The molecule has 0 fully saturated rings. The van der Waals surface area contributed by atoms with E-state index in [0.717, 1.165) is 21.9 Å². The highest BCUT2D eigenvalue weighted by atomic mass is 32.2. The van der Waals surface area contributed by atoms with Crippen LogP contribution in [0.5, 0.6) is 5.75 Å². The number of benzene rings is 3. The number of para-hydroxylation sites is 1. The van der Waals surface area contributed by atoms with Crippen LogP contribution in [0.2, 0.25) is 0 Å². The summed E-state index contributed by atoms with van der Waals surface area (Å²) in [5.74, 6) is -0.182. The van der Waals surface area contributed by atoms with Gasteiger partial charge < -0.3 is 15.0 Å². The maximum atomic E-state index is 14.1. The number of carbonyl (C=O) groups excluding carboxylic acids is 2. The van der Waals surface area contributed by atoms with Crippen molar-refractivity contribution in [3.8, 4) is 5.75 Å². The second kappa shape index (κ2) is 14.7. The molecule has 220 valence electrons. The highest BCUT2D eigenvalue weighted by Crippen LogP contribution is 2.26. The first kappa shape index (κ1) is 31.7. The van der Waals surface area contributed by atoms with Gasteiger partial charge >= 0.3 is 0 Å². The molecule has 0 aliphatic carbocycles. The summed E-state index contributed by atoms with van der Waals surface area (Å²) in [5.41, 5.74) is 2.21. The van der Waals surface area contributed by atoms with Crippen LogP contribution in [0.1, 0.15) is 51.7 Å². The van der Waals surface area contributed by atoms with Gasteiger partial charge in [-0.3, -0.25) is 13.9 Å². The summed E-state index contributed by atoms with van der Waals surface area (Å²) in [6.45, 7) is 9.70. The summed E-state index contributed by atoms with van der Waals surface area (Å²) in [4.78, 5) is 29.1. The number of hydrogen-bond donors (Lipinski definition) is 1. The van der Waals surface area contributed by atoms with Crippen molar-refractivity contribution in [2.45, 2.75) is 71.0 Å². The number of hydrogen-bond acceptors (Lipinski definition) is 5. The molecule has 2 atom stereocenters. The van der Waals surface area contributed by atoms with Gasteiger partial charge in [-0.2, -0.15) is 0 Å². The van der Waals surface area contributed by atoms with Crippen LogP contribution >= 0.6 is 0 Å². The van der Waals surface area contributed by atoms with Crippen molar-refractivity contribution in [1.82, 2.24) is 10.2 Å². The second-order valence-electron chi connectivity index (χ2n) is 9.94. The Labute approximate surface area is 244 Å². The molecule has 0 radical (unpaired) electrons. The third-order valence-electron chi connectivity index (χ3n) is 7.03. The zero-order chi connectivity index (χ0) is 30.0. The molecule has 0 bridgehead atoms. The maximum absolute atomic E-state index is 14.1. The molecule has 0 saturated heterocycles. The van der Waals surface area contributed by atoms with Gasteiger partial charge in [-0.25, -0.2) is 8.42 Å². The van der Waals surface area contributed by atoms with Crippen molar-refractivity contribution in [2.75, 3.05) is 17.5 Å². The number of rotatable bonds is 14. The molecule has 0 saturated carbocycles. The molecule has 1 N–H and O–H groups in total. The van der Waals surface area contributed by atoms with Crippen molar-refractivity contribution < 1.29 is 22.7 Å². The third kappa shape index (κ3) is 8.10. The van der Waals surface area contributed by atoms with Crippen LogP contribution in [0, 0.1) is 6.92 Å². The summed E-state index contributed by atoms with van der Waals surface area (Å²) in [6, 6.07) is 21.5. The molecule has 0 heterocycles. The van der Waals surface area contributed by atoms with E-state index in [9.17, 15) is 18.0 Å². The molecule has 0 unspecified atom stereocenters. The minimum absolute atomic E-state index is 0.0321. The number of carbonyl (C=O) groups is 2. The quantitative estimate of drug-likeness (QED) is 0.279. The van der Waals surface area contributed by atoms with E-state index in [1.54, 1.807) is 42.5 Å². The molecule has 0 aromatic heterocycles. The van der Waals surface area contributed by atoms with E-state index in [0.29, 0.717) is 24.5 Å². The van der Waals surface area contributed by atoms with Crippen molar-refractivity contribution in [3.63, 3.8) is 0 Å². The molecule has 0 spiro atoms.